The molecule has 1 fully saturated rings. The van der Waals surface area contributed by atoms with Crippen LogP contribution >= 0.6 is 0 Å². The summed E-state index contributed by atoms with van der Waals surface area (Å²) in [5, 5.41) is 3.06. The second-order valence-corrected chi connectivity index (χ2v) is 6.83. The van der Waals surface area contributed by atoms with E-state index in [2.05, 4.69) is 33.0 Å². The van der Waals surface area contributed by atoms with Crippen LogP contribution in [0.5, 0.6) is 0 Å². The lowest BCUT2D eigenvalue weighted by atomic mass is 9.88. The molecule has 124 valence electrons. The Hall–Kier alpha value is -1.32. The first-order chi connectivity index (χ1) is 10.5. The molecule has 1 unspecified atom stereocenters. The molecule has 0 spiro atoms. The smallest absolute Gasteiger partial charge is 0.251 e. The van der Waals surface area contributed by atoms with Crippen LogP contribution in [0.2, 0.25) is 0 Å². The summed E-state index contributed by atoms with van der Waals surface area (Å²) >= 11 is 0. The van der Waals surface area contributed by atoms with Crippen LogP contribution in [0.4, 0.5) is 0 Å². The lowest BCUT2D eigenvalue weighted by Crippen LogP contribution is -2.42. The van der Waals surface area contributed by atoms with Gasteiger partial charge in [-0.3, -0.25) is 9.59 Å². The van der Waals surface area contributed by atoms with Gasteiger partial charge >= 0.3 is 0 Å². The molecule has 1 aliphatic carbocycles. The van der Waals surface area contributed by atoms with E-state index in [1.165, 1.54) is 12.0 Å². The van der Waals surface area contributed by atoms with Crippen LogP contribution in [0.1, 0.15) is 72.6 Å². The van der Waals surface area contributed by atoms with Gasteiger partial charge in [0.15, 0.2) is 0 Å². The van der Waals surface area contributed by atoms with E-state index in [1.807, 2.05) is 4.90 Å². The third kappa shape index (κ3) is 3.36. The van der Waals surface area contributed by atoms with Crippen LogP contribution in [0.25, 0.3) is 0 Å². The number of hydrogen-bond acceptors (Lipinski definition) is 2. The fraction of sp³-hybridized carbons (Fsp3) is 0.778. The van der Waals surface area contributed by atoms with E-state index < -0.39 is 0 Å². The molecule has 2 rings (SSSR count). The molecular weight excluding hydrogens is 276 g/mol. The van der Waals surface area contributed by atoms with Crippen molar-refractivity contribution < 1.29 is 9.59 Å². The van der Waals surface area contributed by atoms with Crippen LogP contribution in [-0.2, 0) is 9.59 Å². The number of rotatable bonds is 6. The lowest BCUT2D eigenvalue weighted by Gasteiger charge is -2.33. The Morgan fingerprint density at radius 2 is 1.95 bits per heavy atom. The van der Waals surface area contributed by atoms with Crippen molar-refractivity contribution in [3.8, 4) is 0 Å². The number of nitrogens with zero attached hydrogens (tertiary/aromatic N) is 1. The Morgan fingerprint density at radius 3 is 2.55 bits per heavy atom. The molecule has 1 atom stereocenters. The van der Waals surface area contributed by atoms with Gasteiger partial charge in [0, 0.05) is 17.7 Å². The van der Waals surface area contributed by atoms with Gasteiger partial charge in [-0.1, -0.05) is 20.3 Å². The summed E-state index contributed by atoms with van der Waals surface area (Å²) < 4.78 is 0. The third-order valence-electron chi connectivity index (χ3n) is 5.04. The van der Waals surface area contributed by atoms with Gasteiger partial charge in [0.2, 0.25) is 5.91 Å². The van der Waals surface area contributed by atoms with E-state index in [0.717, 1.165) is 37.7 Å². The highest BCUT2D eigenvalue weighted by Crippen LogP contribution is 2.38. The molecule has 0 aromatic rings. The molecule has 1 aliphatic heterocycles. The molecule has 1 N–H and O–H groups in total. The van der Waals surface area contributed by atoms with Crippen LogP contribution in [0.3, 0.4) is 0 Å². The minimum atomic E-state index is -0.000482. The number of nitrogens with one attached hydrogen (secondary N) is 1. The largest absolute Gasteiger partial charge is 0.353 e. The van der Waals surface area contributed by atoms with Crippen molar-refractivity contribution in [1.29, 1.82) is 0 Å². The van der Waals surface area contributed by atoms with Crippen molar-refractivity contribution in [2.24, 2.45) is 0 Å². The first-order valence-electron chi connectivity index (χ1n) is 8.83. The van der Waals surface area contributed by atoms with E-state index in [-0.39, 0.29) is 36.4 Å². The average molecular weight is 306 g/mol. The minimum Gasteiger partial charge on any atom is -0.353 e. The van der Waals surface area contributed by atoms with Crippen LogP contribution < -0.4 is 5.32 Å². The second-order valence-electron chi connectivity index (χ2n) is 6.83. The molecule has 0 aromatic heterocycles. The maximum Gasteiger partial charge on any atom is 0.251 e. The topological polar surface area (TPSA) is 49.4 Å². The van der Waals surface area contributed by atoms with Crippen LogP contribution in [-0.4, -0.2) is 34.8 Å². The maximum absolute atomic E-state index is 12.8. The maximum atomic E-state index is 12.8. The summed E-state index contributed by atoms with van der Waals surface area (Å²) in [6.07, 6.45) is 6.47. The zero-order chi connectivity index (χ0) is 16.3. The molecular formula is C18H30N2O2. The Labute approximate surface area is 134 Å². The number of amides is 2. The molecule has 4 heteroatoms. The van der Waals surface area contributed by atoms with Crippen molar-refractivity contribution in [3.63, 3.8) is 0 Å². The van der Waals surface area contributed by atoms with Crippen molar-refractivity contribution in [3.05, 3.63) is 11.1 Å². The summed E-state index contributed by atoms with van der Waals surface area (Å²) in [6, 6.07) is 0.667. The number of fused-ring (bicyclic) bond motifs is 1. The van der Waals surface area contributed by atoms with Crippen LogP contribution in [0, 0.1) is 0 Å². The van der Waals surface area contributed by atoms with Gasteiger partial charge in [-0.25, -0.2) is 0 Å². The van der Waals surface area contributed by atoms with Gasteiger partial charge in [0.25, 0.3) is 5.91 Å². The lowest BCUT2D eigenvalue weighted by molar-refractivity contribution is -0.130. The molecule has 1 saturated carbocycles. The summed E-state index contributed by atoms with van der Waals surface area (Å²) in [4.78, 5) is 27.1. The average Bonchev–Trinajstić information content (AvgIpc) is 2.77. The zero-order valence-electron chi connectivity index (χ0n) is 14.4. The van der Waals surface area contributed by atoms with E-state index >= 15 is 0 Å². The molecule has 0 radical (unpaired) electrons. The Kier molecular flexibility index (Phi) is 5.65. The molecule has 2 aliphatic rings. The highest BCUT2D eigenvalue weighted by Gasteiger charge is 2.41. The van der Waals surface area contributed by atoms with Crippen LogP contribution in [0.15, 0.2) is 11.1 Å². The normalized spacial score (nSPS) is 21.8. The molecule has 4 nitrogen and oxygen atoms in total. The number of carbonyl (C=O) groups is 2. The summed E-state index contributed by atoms with van der Waals surface area (Å²) in [5.74, 6) is 0.0936. The summed E-state index contributed by atoms with van der Waals surface area (Å²) in [6.45, 7) is 8.29. The number of hydrogen-bond donors (Lipinski definition) is 1. The summed E-state index contributed by atoms with van der Waals surface area (Å²) in [5.41, 5.74) is 2.02. The SMILES string of the molecule is CCC(CC)NC(=O)CC1=C2CCCCC2N(C(C)C)C1=O. The Bertz CT molecular complexity index is 464. The van der Waals surface area contributed by atoms with E-state index in [4.69, 9.17) is 0 Å². The van der Waals surface area contributed by atoms with Gasteiger partial charge < -0.3 is 10.2 Å². The van der Waals surface area contributed by atoms with Gasteiger partial charge in [0.05, 0.1) is 12.5 Å². The quantitative estimate of drug-likeness (QED) is 0.819. The minimum absolute atomic E-state index is 0.000482. The fourth-order valence-corrected chi connectivity index (χ4v) is 3.80. The standard InChI is InChI=1S/C18H30N2O2/c1-5-13(6-2)19-17(21)11-15-14-9-7-8-10-16(14)20(12(3)4)18(15)22/h12-13,16H,5-11H2,1-4H3,(H,19,21). The van der Waals surface area contributed by atoms with Crippen molar-refractivity contribution in [2.45, 2.75) is 90.8 Å². The van der Waals surface area contributed by atoms with E-state index in [0.29, 0.717) is 0 Å². The molecule has 1 heterocycles. The molecule has 22 heavy (non-hydrogen) atoms. The van der Waals surface area contributed by atoms with Gasteiger partial charge in [-0.05, 0) is 51.5 Å². The molecule has 0 aromatic carbocycles. The Morgan fingerprint density at radius 1 is 1.27 bits per heavy atom. The first kappa shape index (κ1) is 17.0. The Balaban J connectivity index is 2.14. The summed E-state index contributed by atoms with van der Waals surface area (Å²) in [7, 11) is 0. The monoisotopic (exact) mass is 306 g/mol. The van der Waals surface area contributed by atoms with Gasteiger partial charge in [-0.2, -0.15) is 0 Å². The van der Waals surface area contributed by atoms with Crippen molar-refractivity contribution in [2.75, 3.05) is 0 Å². The number of carbonyl (C=O) groups excluding carboxylic acids is 2. The highest BCUT2D eigenvalue weighted by atomic mass is 16.2. The van der Waals surface area contributed by atoms with Gasteiger partial charge in [0.1, 0.15) is 0 Å². The fourth-order valence-electron chi connectivity index (χ4n) is 3.80. The predicted molar refractivity (Wildman–Crippen MR) is 88.4 cm³/mol. The first-order valence-corrected chi connectivity index (χ1v) is 8.83. The van der Waals surface area contributed by atoms with E-state index in [1.54, 1.807) is 0 Å². The predicted octanol–water partition coefficient (Wildman–Crippen LogP) is 3.17. The third-order valence-corrected chi connectivity index (χ3v) is 5.04. The van der Waals surface area contributed by atoms with E-state index in [9.17, 15) is 9.59 Å². The second kappa shape index (κ2) is 7.30. The highest BCUT2D eigenvalue weighted by molar-refractivity contribution is 6.02. The van der Waals surface area contributed by atoms with Gasteiger partial charge in [-0.15, -0.1) is 0 Å². The molecule has 2 amide bonds. The van der Waals surface area contributed by atoms with Crippen molar-refractivity contribution >= 4 is 11.8 Å². The molecule has 0 bridgehead atoms. The zero-order valence-corrected chi connectivity index (χ0v) is 14.4. The molecule has 0 saturated heterocycles. The van der Waals surface area contributed by atoms with Crippen molar-refractivity contribution in [1.82, 2.24) is 10.2 Å².